The van der Waals surface area contributed by atoms with E-state index >= 15 is 0 Å². The molecule has 0 radical (unpaired) electrons. The number of sulfonamides is 1. The third-order valence-electron chi connectivity index (χ3n) is 2.63. The van der Waals surface area contributed by atoms with Crippen LogP contribution in [0.25, 0.3) is 0 Å². The first kappa shape index (κ1) is 17.3. The van der Waals surface area contributed by atoms with Gasteiger partial charge in [-0.05, 0) is 12.0 Å². The number of aromatic nitrogens is 1. The van der Waals surface area contributed by atoms with Gasteiger partial charge >= 0.3 is 0 Å². The third-order valence-corrected chi connectivity index (χ3v) is 4.46. The smallest absolute Gasteiger partial charge is 0.244 e. The predicted octanol–water partition coefficient (Wildman–Crippen LogP) is 1.00. The van der Waals surface area contributed by atoms with E-state index in [-0.39, 0.29) is 36.2 Å². The summed E-state index contributed by atoms with van der Waals surface area (Å²) in [6.45, 7) is 3.98. The van der Waals surface area contributed by atoms with Crippen molar-refractivity contribution in [3.63, 3.8) is 0 Å². The molecule has 0 fully saturated rings. The molecule has 1 aromatic rings. The number of hydrogen-bond acceptors (Lipinski definition) is 5. The second kappa shape index (κ2) is 7.32. The van der Waals surface area contributed by atoms with E-state index in [1.165, 1.54) is 4.31 Å². The Hall–Kier alpha value is -1.74. The van der Waals surface area contributed by atoms with Gasteiger partial charge in [-0.2, -0.15) is 4.31 Å². The van der Waals surface area contributed by atoms with E-state index in [1.807, 2.05) is 13.8 Å². The SMILES string of the molecule is CC(C)CN(CCC(N)=NO)S(=O)(=O)c1cncc(F)c1. The first-order valence-electron chi connectivity index (χ1n) is 6.34. The molecule has 0 aliphatic rings. The Labute approximate surface area is 123 Å². The lowest BCUT2D eigenvalue weighted by Gasteiger charge is -2.23. The molecule has 0 aliphatic carbocycles. The van der Waals surface area contributed by atoms with Gasteiger partial charge in [0, 0.05) is 25.7 Å². The summed E-state index contributed by atoms with van der Waals surface area (Å²) in [7, 11) is -3.88. The van der Waals surface area contributed by atoms with Crippen LogP contribution in [-0.4, -0.2) is 41.8 Å². The molecule has 0 saturated heterocycles. The predicted molar refractivity (Wildman–Crippen MR) is 75.8 cm³/mol. The van der Waals surface area contributed by atoms with Gasteiger partial charge in [-0.25, -0.2) is 12.8 Å². The lowest BCUT2D eigenvalue weighted by atomic mass is 10.2. The highest BCUT2D eigenvalue weighted by molar-refractivity contribution is 7.89. The van der Waals surface area contributed by atoms with Crippen LogP contribution in [0.3, 0.4) is 0 Å². The van der Waals surface area contributed by atoms with E-state index in [9.17, 15) is 12.8 Å². The van der Waals surface area contributed by atoms with Crippen LogP contribution in [-0.2, 0) is 10.0 Å². The molecule has 0 aromatic carbocycles. The number of nitrogens with two attached hydrogens (primary N) is 1. The molecule has 0 aliphatic heterocycles. The number of rotatable bonds is 7. The minimum atomic E-state index is -3.88. The van der Waals surface area contributed by atoms with Crippen LogP contribution < -0.4 is 5.73 Å². The van der Waals surface area contributed by atoms with E-state index in [2.05, 4.69) is 10.1 Å². The molecule has 0 atom stereocenters. The summed E-state index contributed by atoms with van der Waals surface area (Å²) in [6, 6.07) is 0.916. The minimum absolute atomic E-state index is 0.0346. The van der Waals surface area contributed by atoms with Gasteiger partial charge in [-0.1, -0.05) is 19.0 Å². The van der Waals surface area contributed by atoms with Gasteiger partial charge in [-0.15, -0.1) is 0 Å². The quantitative estimate of drug-likeness (QED) is 0.337. The summed E-state index contributed by atoms with van der Waals surface area (Å²) in [5.41, 5.74) is 5.36. The second-order valence-electron chi connectivity index (χ2n) is 4.94. The zero-order valence-corrected chi connectivity index (χ0v) is 12.7. The van der Waals surface area contributed by atoms with Crippen LogP contribution in [0.1, 0.15) is 20.3 Å². The average Bonchev–Trinajstić information content (AvgIpc) is 2.42. The molecule has 9 heteroatoms. The minimum Gasteiger partial charge on any atom is -0.409 e. The lowest BCUT2D eigenvalue weighted by Crippen LogP contribution is -2.36. The Morgan fingerprint density at radius 1 is 1.52 bits per heavy atom. The maximum atomic E-state index is 13.2. The van der Waals surface area contributed by atoms with E-state index in [0.717, 1.165) is 18.5 Å². The van der Waals surface area contributed by atoms with Crippen molar-refractivity contribution in [2.24, 2.45) is 16.8 Å². The summed E-state index contributed by atoms with van der Waals surface area (Å²) in [6.07, 6.45) is 2.10. The zero-order chi connectivity index (χ0) is 16.0. The van der Waals surface area contributed by atoms with E-state index in [4.69, 9.17) is 10.9 Å². The highest BCUT2D eigenvalue weighted by Crippen LogP contribution is 2.17. The van der Waals surface area contributed by atoms with Crippen molar-refractivity contribution in [3.8, 4) is 0 Å². The Morgan fingerprint density at radius 3 is 2.71 bits per heavy atom. The molecule has 0 bridgehead atoms. The zero-order valence-electron chi connectivity index (χ0n) is 11.9. The van der Waals surface area contributed by atoms with Crippen molar-refractivity contribution in [3.05, 3.63) is 24.3 Å². The Morgan fingerprint density at radius 2 is 2.19 bits per heavy atom. The molecular weight excluding hydrogens is 299 g/mol. The molecule has 0 amide bonds. The monoisotopic (exact) mass is 318 g/mol. The normalized spacial score (nSPS) is 13.1. The number of hydrogen-bond donors (Lipinski definition) is 2. The van der Waals surface area contributed by atoms with Gasteiger partial charge in [0.25, 0.3) is 0 Å². The van der Waals surface area contributed by atoms with Gasteiger partial charge in [0.05, 0.1) is 6.20 Å². The molecule has 21 heavy (non-hydrogen) atoms. The standard InChI is InChI=1S/C12H19FN4O3S/c1-9(2)8-17(4-3-12(14)16-18)21(19,20)11-5-10(13)6-15-7-11/h5-7,9,18H,3-4,8H2,1-2H3,(H2,14,16). The van der Waals surface area contributed by atoms with Crippen molar-refractivity contribution >= 4 is 15.9 Å². The van der Waals surface area contributed by atoms with E-state index in [1.54, 1.807) is 0 Å². The number of pyridine rings is 1. The summed E-state index contributed by atoms with van der Waals surface area (Å²) in [5.74, 6) is -0.734. The van der Waals surface area contributed by atoms with Crippen LogP contribution in [0.15, 0.2) is 28.5 Å². The van der Waals surface area contributed by atoms with Crippen LogP contribution in [0, 0.1) is 11.7 Å². The van der Waals surface area contributed by atoms with Gasteiger partial charge in [0.1, 0.15) is 16.5 Å². The highest BCUT2D eigenvalue weighted by Gasteiger charge is 2.26. The molecule has 1 heterocycles. The fourth-order valence-corrected chi connectivity index (χ4v) is 3.27. The fraction of sp³-hybridized carbons (Fsp3) is 0.500. The third kappa shape index (κ3) is 4.94. The second-order valence-corrected chi connectivity index (χ2v) is 6.88. The van der Waals surface area contributed by atoms with Crippen molar-refractivity contribution in [2.45, 2.75) is 25.2 Å². The molecular formula is C12H19FN4O3S. The Kier molecular flexibility index (Phi) is 6.03. The Bertz CT molecular complexity index is 604. The van der Waals surface area contributed by atoms with E-state index in [0.29, 0.717) is 0 Å². The molecule has 3 N–H and O–H groups in total. The van der Waals surface area contributed by atoms with Crippen molar-refractivity contribution in [1.82, 2.24) is 9.29 Å². The van der Waals surface area contributed by atoms with Crippen LogP contribution >= 0.6 is 0 Å². The van der Waals surface area contributed by atoms with Gasteiger partial charge in [-0.3, -0.25) is 4.98 Å². The molecule has 0 unspecified atom stereocenters. The lowest BCUT2D eigenvalue weighted by molar-refractivity contribution is 0.314. The number of oxime groups is 1. The summed E-state index contributed by atoms with van der Waals surface area (Å²) in [5, 5.41) is 11.3. The average molecular weight is 318 g/mol. The Balaban J connectivity index is 3.05. The molecule has 0 saturated carbocycles. The maximum absolute atomic E-state index is 13.2. The van der Waals surface area contributed by atoms with Gasteiger partial charge in [0.15, 0.2) is 0 Å². The van der Waals surface area contributed by atoms with Gasteiger partial charge < -0.3 is 10.9 Å². The van der Waals surface area contributed by atoms with E-state index < -0.39 is 15.8 Å². The number of nitrogens with zero attached hydrogens (tertiary/aromatic N) is 3. The summed E-state index contributed by atoms with van der Waals surface area (Å²) in [4.78, 5) is 3.33. The largest absolute Gasteiger partial charge is 0.409 e. The summed E-state index contributed by atoms with van der Waals surface area (Å²) < 4.78 is 39.3. The topological polar surface area (TPSA) is 109 Å². The molecule has 7 nitrogen and oxygen atoms in total. The molecule has 118 valence electrons. The van der Waals surface area contributed by atoms with Crippen LogP contribution in [0.2, 0.25) is 0 Å². The van der Waals surface area contributed by atoms with Crippen LogP contribution in [0.4, 0.5) is 4.39 Å². The first-order valence-corrected chi connectivity index (χ1v) is 7.78. The number of amidine groups is 1. The maximum Gasteiger partial charge on any atom is 0.244 e. The highest BCUT2D eigenvalue weighted by atomic mass is 32.2. The van der Waals surface area contributed by atoms with Gasteiger partial charge in [0.2, 0.25) is 10.0 Å². The van der Waals surface area contributed by atoms with Crippen LogP contribution in [0.5, 0.6) is 0 Å². The number of halogens is 1. The summed E-state index contributed by atoms with van der Waals surface area (Å²) >= 11 is 0. The first-order chi connectivity index (χ1) is 9.77. The molecule has 1 aromatic heterocycles. The van der Waals surface area contributed by atoms with Crippen molar-refractivity contribution < 1.29 is 18.0 Å². The van der Waals surface area contributed by atoms with Crippen molar-refractivity contribution in [1.29, 1.82) is 0 Å². The molecule has 0 spiro atoms. The fourth-order valence-electron chi connectivity index (χ4n) is 1.69. The molecule has 1 rings (SSSR count). The van der Waals surface area contributed by atoms with Crippen molar-refractivity contribution in [2.75, 3.05) is 13.1 Å².